The van der Waals surface area contributed by atoms with E-state index >= 15 is 0 Å². The summed E-state index contributed by atoms with van der Waals surface area (Å²) in [6, 6.07) is 18.0. The number of rotatable bonds is 8. The van der Waals surface area contributed by atoms with Crippen molar-refractivity contribution in [1.29, 1.82) is 0 Å². The first kappa shape index (κ1) is 22.2. The summed E-state index contributed by atoms with van der Waals surface area (Å²) < 4.78 is 43.9. The van der Waals surface area contributed by atoms with Gasteiger partial charge < -0.3 is 15.4 Å². The lowest BCUT2D eigenvalue weighted by molar-refractivity contribution is -0.118. The Morgan fingerprint density at radius 3 is 2.29 bits per heavy atom. The highest BCUT2D eigenvalue weighted by atomic mass is 32.2. The highest BCUT2D eigenvalue weighted by Gasteiger charge is 2.15. The first-order valence-electron chi connectivity index (χ1n) is 9.05. The molecule has 0 atom stereocenters. The molecule has 2 amide bonds. The van der Waals surface area contributed by atoms with E-state index in [9.17, 15) is 22.8 Å². The highest BCUT2D eigenvalue weighted by Crippen LogP contribution is 2.27. The molecule has 3 aromatic rings. The second kappa shape index (κ2) is 10.5. The summed E-state index contributed by atoms with van der Waals surface area (Å²) in [4.78, 5) is 25.0. The maximum Gasteiger partial charge on any atom is 0.288 e. The minimum absolute atomic E-state index is 0.0237. The Morgan fingerprint density at radius 1 is 0.903 bits per heavy atom. The summed E-state index contributed by atoms with van der Waals surface area (Å²) in [5.74, 6) is -4.03. The van der Waals surface area contributed by atoms with Crippen LogP contribution in [0.3, 0.4) is 0 Å². The zero-order chi connectivity index (χ0) is 22.2. The second-order valence-corrected chi connectivity index (χ2v) is 7.23. The summed E-state index contributed by atoms with van der Waals surface area (Å²) in [6.07, 6.45) is 0. The number of ether oxygens (including phenoxy) is 1. The van der Waals surface area contributed by atoms with Crippen molar-refractivity contribution in [3.05, 3.63) is 84.2 Å². The van der Waals surface area contributed by atoms with Crippen LogP contribution >= 0.6 is 11.8 Å². The molecule has 0 aliphatic heterocycles. The standard InChI is InChI=1S/C22H17F3N2O3S/c23-17-6-2-3-7-18(17)27-20(28)13-30-19-8-4-1-5-16(19)21(29)26-14-9-11-15(12-10-14)31-22(24)25/h1-12,22H,13H2,(H,26,29)(H,27,28). The predicted molar refractivity (Wildman–Crippen MR) is 113 cm³/mol. The number of anilines is 2. The number of amides is 2. The summed E-state index contributed by atoms with van der Waals surface area (Å²) >= 11 is 0.408. The van der Waals surface area contributed by atoms with Crippen LogP contribution in [0.25, 0.3) is 0 Å². The summed E-state index contributed by atoms with van der Waals surface area (Å²) in [6.45, 7) is -0.432. The van der Waals surface area contributed by atoms with Crippen molar-refractivity contribution in [1.82, 2.24) is 0 Å². The van der Waals surface area contributed by atoms with Crippen LogP contribution in [0.2, 0.25) is 0 Å². The first-order chi connectivity index (χ1) is 14.9. The quantitative estimate of drug-likeness (QED) is 0.454. The Bertz CT molecular complexity index is 1060. The van der Waals surface area contributed by atoms with E-state index in [0.717, 1.165) is 0 Å². The number of halogens is 3. The number of thioether (sulfide) groups is 1. The van der Waals surface area contributed by atoms with Crippen LogP contribution in [0.5, 0.6) is 5.75 Å². The lowest BCUT2D eigenvalue weighted by atomic mass is 10.2. The molecule has 0 aromatic heterocycles. The lowest BCUT2D eigenvalue weighted by Crippen LogP contribution is -2.22. The third-order valence-corrected chi connectivity index (χ3v) is 4.70. The fourth-order valence-corrected chi connectivity index (χ4v) is 3.09. The third-order valence-electron chi connectivity index (χ3n) is 3.98. The zero-order valence-electron chi connectivity index (χ0n) is 16.0. The Labute approximate surface area is 180 Å². The van der Waals surface area contributed by atoms with Crippen LogP contribution in [0.4, 0.5) is 24.5 Å². The number of benzene rings is 3. The molecule has 0 fully saturated rings. The number of alkyl halides is 2. The van der Waals surface area contributed by atoms with Crippen LogP contribution in [0, 0.1) is 5.82 Å². The smallest absolute Gasteiger partial charge is 0.288 e. The molecular formula is C22H17F3N2O3S. The van der Waals surface area contributed by atoms with Crippen LogP contribution in [-0.4, -0.2) is 24.2 Å². The molecule has 0 aliphatic rings. The average molecular weight is 446 g/mol. The second-order valence-electron chi connectivity index (χ2n) is 6.17. The van der Waals surface area contributed by atoms with Crippen LogP contribution in [0.15, 0.2) is 77.7 Å². The zero-order valence-corrected chi connectivity index (χ0v) is 16.8. The summed E-state index contributed by atoms with van der Waals surface area (Å²) in [5, 5.41) is 5.04. The van der Waals surface area contributed by atoms with E-state index in [-0.39, 0.29) is 17.0 Å². The van der Waals surface area contributed by atoms with Gasteiger partial charge in [0.15, 0.2) is 6.61 Å². The van der Waals surface area contributed by atoms with Gasteiger partial charge in [-0.1, -0.05) is 36.0 Å². The van der Waals surface area contributed by atoms with Crippen molar-refractivity contribution >= 4 is 35.0 Å². The van der Waals surface area contributed by atoms with Gasteiger partial charge in [0, 0.05) is 10.6 Å². The van der Waals surface area contributed by atoms with Crippen LogP contribution < -0.4 is 15.4 Å². The molecule has 3 aromatic carbocycles. The molecule has 0 radical (unpaired) electrons. The number of hydrogen-bond acceptors (Lipinski definition) is 4. The third kappa shape index (κ3) is 6.51. The Balaban J connectivity index is 1.62. The van der Waals surface area contributed by atoms with Gasteiger partial charge in [-0.3, -0.25) is 9.59 Å². The van der Waals surface area contributed by atoms with E-state index in [1.54, 1.807) is 18.2 Å². The molecule has 5 nitrogen and oxygen atoms in total. The van der Waals surface area contributed by atoms with E-state index in [1.807, 2.05) is 0 Å². The largest absolute Gasteiger partial charge is 0.483 e. The van der Waals surface area contributed by atoms with Gasteiger partial charge in [0.25, 0.3) is 17.6 Å². The van der Waals surface area contributed by atoms with E-state index in [2.05, 4.69) is 10.6 Å². The molecular weight excluding hydrogens is 429 g/mol. The fraction of sp³-hybridized carbons (Fsp3) is 0.0909. The molecule has 0 unspecified atom stereocenters. The topological polar surface area (TPSA) is 67.4 Å². The van der Waals surface area contributed by atoms with E-state index in [1.165, 1.54) is 54.6 Å². The number of para-hydroxylation sites is 2. The Kier molecular flexibility index (Phi) is 7.55. The lowest BCUT2D eigenvalue weighted by Gasteiger charge is -2.12. The fourth-order valence-electron chi connectivity index (χ4n) is 2.59. The van der Waals surface area contributed by atoms with E-state index in [4.69, 9.17) is 4.74 Å². The van der Waals surface area contributed by atoms with Gasteiger partial charge in [-0.15, -0.1) is 0 Å². The van der Waals surface area contributed by atoms with Crippen molar-refractivity contribution in [2.75, 3.05) is 17.2 Å². The van der Waals surface area contributed by atoms with Crippen molar-refractivity contribution in [2.45, 2.75) is 10.7 Å². The minimum atomic E-state index is -2.53. The Hall–Kier alpha value is -3.46. The predicted octanol–water partition coefficient (Wildman–Crippen LogP) is 5.41. The first-order valence-corrected chi connectivity index (χ1v) is 9.93. The molecule has 0 aliphatic carbocycles. The monoisotopic (exact) mass is 446 g/mol. The number of carbonyl (C=O) groups excluding carboxylic acids is 2. The van der Waals surface area contributed by atoms with Crippen LogP contribution in [-0.2, 0) is 4.79 Å². The van der Waals surface area contributed by atoms with Crippen molar-refractivity contribution < 1.29 is 27.5 Å². The van der Waals surface area contributed by atoms with Gasteiger partial charge in [-0.25, -0.2) is 4.39 Å². The van der Waals surface area contributed by atoms with Gasteiger partial charge in [-0.05, 0) is 48.5 Å². The molecule has 0 heterocycles. The summed E-state index contributed by atoms with van der Waals surface area (Å²) in [5.41, 5.74) is 0.610. The van der Waals surface area contributed by atoms with E-state index < -0.39 is 30.0 Å². The maximum absolute atomic E-state index is 13.6. The molecule has 3 rings (SSSR count). The molecule has 0 spiro atoms. The van der Waals surface area contributed by atoms with Crippen molar-refractivity contribution in [3.8, 4) is 5.75 Å². The number of hydrogen-bond donors (Lipinski definition) is 2. The molecule has 9 heteroatoms. The molecule has 0 saturated heterocycles. The van der Waals surface area contributed by atoms with Gasteiger partial charge in [-0.2, -0.15) is 8.78 Å². The molecule has 160 valence electrons. The molecule has 0 bridgehead atoms. The molecule has 0 saturated carbocycles. The van der Waals surface area contributed by atoms with Crippen molar-refractivity contribution in [2.24, 2.45) is 0 Å². The van der Waals surface area contributed by atoms with Gasteiger partial charge in [0.1, 0.15) is 11.6 Å². The molecule has 31 heavy (non-hydrogen) atoms. The number of nitrogens with one attached hydrogen (secondary N) is 2. The normalized spacial score (nSPS) is 10.6. The highest BCUT2D eigenvalue weighted by molar-refractivity contribution is 7.99. The molecule has 2 N–H and O–H groups in total. The maximum atomic E-state index is 13.6. The van der Waals surface area contributed by atoms with Gasteiger partial charge >= 0.3 is 0 Å². The van der Waals surface area contributed by atoms with Crippen LogP contribution in [0.1, 0.15) is 10.4 Å². The average Bonchev–Trinajstić information content (AvgIpc) is 2.75. The van der Waals surface area contributed by atoms with Gasteiger partial charge in [0.2, 0.25) is 0 Å². The van der Waals surface area contributed by atoms with Crippen molar-refractivity contribution in [3.63, 3.8) is 0 Å². The SMILES string of the molecule is O=C(COc1ccccc1C(=O)Nc1ccc(SC(F)F)cc1)Nc1ccccc1F. The van der Waals surface area contributed by atoms with E-state index in [0.29, 0.717) is 22.3 Å². The number of carbonyl (C=O) groups is 2. The summed E-state index contributed by atoms with van der Waals surface area (Å²) in [7, 11) is 0. The minimum Gasteiger partial charge on any atom is -0.483 e. The Morgan fingerprint density at radius 2 is 1.58 bits per heavy atom. The van der Waals surface area contributed by atoms with Gasteiger partial charge in [0.05, 0.1) is 11.3 Å².